The van der Waals surface area contributed by atoms with Crippen LogP contribution in [0.15, 0.2) is 218 Å². The van der Waals surface area contributed by atoms with E-state index in [-0.39, 0.29) is 11.6 Å². The minimum Gasteiger partial charge on any atom is -0.307 e. The van der Waals surface area contributed by atoms with Crippen LogP contribution in [-0.4, -0.2) is 16.1 Å². The number of hydrogen-bond acceptors (Lipinski definition) is 2. The van der Waals surface area contributed by atoms with Crippen LogP contribution in [0.25, 0.3) is 76.8 Å². The van der Waals surface area contributed by atoms with Crippen LogP contribution in [0.1, 0.15) is 22.3 Å². The second-order valence-electron chi connectivity index (χ2n) is 24.0. The number of nitrogens with zero attached hydrogens (tertiary/aromatic N) is 2. The molecule has 0 amide bonds. The van der Waals surface area contributed by atoms with Crippen molar-refractivity contribution in [3.8, 4) is 44.5 Å². The van der Waals surface area contributed by atoms with Crippen LogP contribution >= 0.6 is 0 Å². The Kier molecular flexibility index (Phi) is 13.3. The lowest BCUT2D eigenvalue weighted by molar-refractivity contribution is 0.629. The van der Waals surface area contributed by atoms with Crippen LogP contribution in [0, 0.1) is 39.3 Å². The van der Waals surface area contributed by atoms with Gasteiger partial charge in [0.1, 0.15) is 11.6 Å². The zero-order valence-corrected chi connectivity index (χ0v) is 49.4. The van der Waals surface area contributed by atoms with E-state index in [0.29, 0.717) is 11.4 Å². The van der Waals surface area contributed by atoms with Gasteiger partial charge in [-0.05, 0) is 143 Å². The third-order valence-electron chi connectivity index (χ3n) is 16.2. The van der Waals surface area contributed by atoms with Crippen molar-refractivity contribution in [3.05, 3.63) is 252 Å². The largest absolute Gasteiger partial charge is 0.307 e. The van der Waals surface area contributed by atoms with Crippen LogP contribution in [0.2, 0.25) is 39.3 Å². The van der Waals surface area contributed by atoms with E-state index in [1.807, 2.05) is 0 Å². The number of anilines is 6. The summed E-state index contributed by atoms with van der Waals surface area (Å²) in [6.45, 7) is 22.5. The lowest BCUT2D eigenvalue weighted by Gasteiger charge is -2.32. The SMILES string of the molecule is Cc1ccc(-c2cc(F)c(N(c3ccc([Si](C)(C)C)cc3)c3ccc4ccc5c(N(c6ccc([Si](C)(C)C)cc6)c6c(F)cc(-c7ccc(C)cc7)cc6-c6ccc(C)cc6)ccc6ccc3c4c65)c(-c3ccc(C)cc3)c2)cc1. The van der Waals surface area contributed by atoms with Crippen LogP contribution < -0.4 is 20.2 Å². The van der Waals surface area contributed by atoms with Gasteiger partial charge >= 0.3 is 0 Å². The second-order valence-corrected chi connectivity index (χ2v) is 34.2. The minimum absolute atomic E-state index is 0.323. The summed E-state index contributed by atoms with van der Waals surface area (Å²) in [5.74, 6) is -0.645. The van der Waals surface area contributed by atoms with Gasteiger partial charge in [-0.15, -0.1) is 0 Å². The number of hydrogen-bond donors (Lipinski definition) is 0. The molecule has 0 atom stereocenters. The van der Waals surface area contributed by atoms with Crippen molar-refractivity contribution < 1.29 is 8.78 Å². The fraction of sp³-hybridized carbons (Fsp3) is 0.135. The Morgan fingerprint density at radius 3 is 0.912 bits per heavy atom. The molecule has 0 heterocycles. The molecule has 0 unspecified atom stereocenters. The maximum Gasteiger partial charge on any atom is 0.148 e. The van der Waals surface area contributed by atoms with Crippen molar-refractivity contribution in [2.75, 3.05) is 9.80 Å². The van der Waals surface area contributed by atoms with Gasteiger partial charge in [-0.1, -0.05) is 230 Å². The van der Waals surface area contributed by atoms with Gasteiger partial charge in [0, 0.05) is 33.3 Å². The highest BCUT2D eigenvalue weighted by Gasteiger charge is 2.29. The molecule has 0 bridgehead atoms. The number of rotatable bonds is 12. The van der Waals surface area contributed by atoms with E-state index in [0.717, 1.165) is 122 Å². The Bertz CT molecular complexity index is 3990. The molecule has 0 spiro atoms. The van der Waals surface area contributed by atoms with Gasteiger partial charge in [-0.3, -0.25) is 0 Å². The van der Waals surface area contributed by atoms with Gasteiger partial charge in [0.2, 0.25) is 0 Å². The molecule has 0 aliphatic carbocycles. The minimum atomic E-state index is -1.71. The lowest BCUT2D eigenvalue weighted by atomic mass is 9.90. The molecule has 80 heavy (non-hydrogen) atoms. The monoisotopic (exact) mass is 1080 g/mol. The van der Waals surface area contributed by atoms with Gasteiger partial charge in [-0.2, -0.15) is 0 Å². The molecule has 0 fully saturated rings. The summed E-state index contributed by atoms with van der Waals surface area (Å²) in [5.41, 5.74) is 15.9. The summed E-state index contributed by atoms with van der Waals surface area (Å²) in [4.78, 5) is 4.30. The summed E-state index contributed by atoms with van der Waals surface area (Å²) in [5, 5.41) is 8.82. The Hall–Kier alpha value is -8.43. The van der Waals surface area contributed by atoms with Crippen molar-refractivity contribution in [2.24, 2.45) is 0 Å². The van der Waals surface area contributed by atoms with E-state index in [9.17, 15) is 0 Å². The van der Waals surface area contributed by atoms with Crippen LogP contribution in [0.3, 0.4) is 0 Å². The Morgan fingerprint density at radius 1 is 0.300 bits per heavy atom. The molecule has 12 aromatic carbocycles. The lowest BCUT2D eigenvalue weighted by Crippen LogP contribution is -2.37. The molecule has 0 saturated carbocycles. The molecule has 2 nitrogen and oxygen atoms in total. The van der Waals surface area contributed by atoms with E-state index in [4.69, 9.17) is 0 Å². The summed E-state index contributed by atoms with van der Waals surface area (Å²) >= 11 is 0. The topological polar surface area (TPSA) is 6.48 Å². The quantitative estimate of drug-likeness (QED) is 0.0889. The summed E-state index contributed by atoms with van der Waals surface area (Å²) in [7, 11) is -3.42. The van der Waals surface area contributed by atoms with Crippen molar-refractivity contribution in [3.63, 3.8) is 0 Å². The van der Waals surface area contributed by atoms with E-state index in [1.165, 1.54) is 10.4 Å². The van der Waals surface area contributed by atoms with Gasteiger partial charge in [0.15, 0.2) is 0 Å². The first-order valence-corrected chi connectivity index (χ1v) is 34.8. The first-order valence-electron chi connectivity index (χ1n) is 27.8. The molecule has 0 N–H and O–H groups in total. The third kappa shape index (κ3) is 9.71. The van der Waals surface area contributed by atoms with Crippen LogP contribution in [0.5, 0.6) is 0 Å². The van der Waals surface area contributed by atoms with Crippen molar-refractivity contribution in [2.45, 2.75) is 67.0 Å². The van der Waals surface area contributed by atoms with Gasteiger partial charge < -0.3 is 9.80 Å². The summed E-state index contributed by atoms with van der Waals surface area (Å²) in [6, 6.07) is 76.3. The van der Waals surface area contributed by atoms with Crippen molar-refractivity contribution in [1.82, 2.24) is 0 Å². The highest BCUT2D eigenvalue weighted by molar-refractivity contribution is 6.89. The van der Waals surface area contributed by atoms with E-state index >= 15 is 8.78 Å². The fourth-order valence-electron chi connectivity index (χ4n) is 11.5. The van der Waals surface area contributed by atoms with Gasteiger partial charge in [0.25, 0.3) is 0 Å². The summed E-state index contributed by atoms with van der Waals surface area (Å²) in [6.07, 6.45) is 0. The van der Waals surface area contributed by atoms with Crippen molar-refractivity contribution >= 4 is 93.0 Å². The van der Waals surface area contributed by atoms with E-state index < -0.39 is 16.1 Å². The van der Waals surface area contributed by atoms with Crippen LogP contribution in [0.4, 0.5) is 42.9 Å². The van der Waals surface area contributed by atoms with E-state index in [2.05, 4.69) is 283 Å². The van der Waals surface area contributed by atoms with Crippen LogP contribution in [-0.2, 0) is 0 Å². The highest BCUT2D eigenvalue weighted by Crippen LogP contribution is 2.52. The molecule has 394 valence electrons. The Morgan fingerprint density at radius 2 is 0.600 bits per heavy atom. The molecule has 0 saturated heterocycles. The number of benzene rings is 12. The molecule has 0 aliphatic rings. The van der Waals surface area contributed by atoms with Crippen molar-refractivity contribution in [1.29, 1.82) is 0 Å². The average Bonchev–Trinajstić information content (AvgIpc) is 3.55. The molecular formula is C74H66F2N2Si2. The first-order chi connectivity index (χ1) is 38.4. The zero-order chi connectivity index (χ0) is 55.8. The fourth-order valence-corrected chi connectivity index (χ4v) is 13.9. The van der Waals surface area contributed by atoms with Gasteiger partial charge in [0.05, 0.1) is 38.9 Å². The Labute approximate surface area is 472 Å². The molecule has 0 aromatic heterocycles. The van der Waals surface area contributed by atoms with E-state index in [1.54, 1.807) is 12.1 Å². The normalized spacial score (nSPS) is 12.0. The molecule has 0 radical (unpaired) electrons. The highest BCUT2D eigenvalue weighted by atomic mass is 28.3. The standard InChI is InChI=1S/C74H66F2N2Si2/c1-47-11-19-51(20-12-47)57-43-65(53-23-15-49(3)16-24-53)73(67(75)45-57)77(59-31-35-61(36-32-59)79(5,6)7)69-41-29-55-28-40-64-70(42-30-56-27-39-63(69)71(55)72(56)64)78(60-33-37-62(38-34-60)80(8,9)10)74-66(54-25-17-50(4)18-26-54)44-58(46-68(74)76)52-21-13-48(2)14-22-52/h11-46H,1-10H3. The maximum atomic E-state index is 18.2. The molecule has 12 rings (SSSR count). The number of halogens is 2. The first kappa shape index (κ1) is 52.3. The molecule has 6 heteroatoms. The second kappa shape index (κ2) is 20.3. The summed E-state index contributed by atoms with van der Waals surface area (Å²) < 4.78 is 36.3. The predicted molar refractivity (Wildman–Crippen MR) is 346 cm³/mol. The average molecular weight is 1080 g/mol. The number of aryl methyl sites for hydroxylation is 4. The molecule has 0 aliphatic heterocycles. The Balaban J connectivity index is 1.13. The maximum absolute atomic E-state index is 18.2. The predicted octanol–water partition coefficient (Wildman–Crippen LogP) is 20.8. The third-order valence-corrected chi connectivity index (χ3v) is 20.3. The van der Waals surface area contributed by atoms with Gasteiger partial charge in [-0.25, -0.2) is 8.78 Å². The smallest absolute Gasteiger partial charge is 0.148 e. The molecular weight excluding hydrogens is 1010 g/mol. The zero-order valence-electron chi connectivity index (χ0n) is 47.4. The molecule has 12 aromatic rings.